The average Bonchev–Trinajstić information content (AvgIpc) is 3.28. The van der Waals surface area contributed by atoms with Gasteiger partial charge in [0.1, 0.15) is 0 Å². The van der Waals surface area contributed by atoms with Crippen molar-refractivity contribution in [2.24, 2.45) is 10.4 Å². The van der Waals surface area contributed by atoms with Gasteiger partial charge in [-0.25, -0.2) is 0 Å². The van der Waals surface area contributed by atoms with E-state index >= 15 is 0 Å². The van der Waals surface area contributed by atoms with Gasteiger partial charge in [-0.1, -0.05) is 44.2 Å². The number of aliphatic imine (C=N–C) groups is 1. The molecule has 0 atom stereocenters. The van der Waals surface area contributed by atoms with Crippen molar-refractivity contribution in [2.45, 2.75) is 32.1 Å². The monoisotopic (exact) mass is 316 g/mol. The standard InChI is InChI=1S/C19H32N4/c1-18(2,15-23(4)5)13-21-17(20-3)22-14-19(11-12-19)16-9-7-6-8-10-16/h6-10H,11-15H2,1-5H3,(H2,20,21,22). The maximum atomic E-state index is 4.38. The SMILES string of the molecule is CN=C(NCC(C)(C)CN(C)C)NCC1(c2ccccc2)CC1. The molecule has 2 N–H and O–H groups in total. The van der Waals surface area contributed by atoms with Gasteiger partial charge in [0.05, 0.1) is 0 Å². The minimum Gasteiger partial charge on any atom is -0.356 e. The van der Waals surface area contributed by atoms with Crippen molar-refractivity contribution in [2.75, 3.05) is 40.8 Å². The third kappa shape index (κ3) is 5.24. The molecule has 1 aromatic carbocycles. The highest BCUT2D eigenvalue weighted by atomic mass is 15.2. The summed E-state index contributed by atoms with van der Waals surface area (Å²) >= 11 is 0. The van der Waals surface area contributed by atoms with E-state index in [0.717, 1.165) is 25.6 Å². The van der Waals surface area contributed by atoms with Crippen LogP contribution in [0.3, 0.4) is 0 Å². The van der Waals surface area contributed by atoms with E-state index in [4.69, 9.17) is 0 Å². The average molecular weight is 316 g/mol. The molecule has 0 heterocycles. The highest BCUT2D eigenvalue weighted by Gasteiger charge is 2.44. The summed E-state index contributed by atoms with van der Waals surface area (Å²) in [5.41, 5.74) is 1.95. The minimum atomic E-state index is 0.206. The number of hydrogen-bond donors (Lipinski definition) is 2. The topological polar surface area (TPSA) is 39.7 Å². The summed E-state index contributed by atoms with van der Waals surface area (Å²) in [6, 6.07) is 10.8. The number of hydrogen-bond acceptors (Lipinski definition) is 2. The van der Waals surface area contributed by atoms with Gasteiger partial charge in [-0.05, 0) is 37.9 Å². The van der Waals surface area contributed by atoms with Crippen molar-refractivity contribution in [1.82, 2.24) is 15.5 Å². The molecule has 1 aliphatic carbocycles. The molecule has 23 heavy (non-hydrogen) atoms. The van der Waals surface area contributed by atoms with E-state index in [1.807, 2.05) is 7.05 Å². The predicted molar refractivity (Wildman–Crippen MR) is 99.1 cm³/mol. The zero-order valence-electron chi connectivity index (χ0n) is 15.3. The molecule has 4 nitrogen and oxygen atoms in total. The van der Waals surface area contributed by atoms with Gasteiger partial charge < -0.3 is 15.5 Å². The second-order valence-corrected chi connectivity index (χ2v) is 7.83. The van der Waals surface area contributed by atoms with Crippen LogP contribution in [0.25, 0.3) is 0 Å². The molecule has 4 heteroatoms. The van der Waals surface area contributed by atoms with E-state index in [0.29, 0.717) is 5.41 Å². The van der Waals surface area contributed by atoms with E-state index in [1.165, 1.54) is 18.4 Å². The molecule has 0 aromatic heterocycles. The first-order chi connectivity index (χ1) is 10.9. The molecule has 0 aliphatic heterocycles. The van der Waals surface area contributed by atoms with Crippen LogP contribution in [0.2, 0.25) is 0 Å². The van der Waals surface area contributed by atoms with Crippen LogP contribution in [0, 0.1) is 5.41 Å². The molecule has 0 bridgehead atoms. The van der Waals surface area contributed by atoms with E-state index < -0.39 is 0 Å². The zero-order chi connectivity index (χ0) is 16.9. The normalized spacial score (nSPS) is 17.2. The van der Waals surface area contributed by atoms with Crippen LogP contribution in [-0.4, -0.2) is 51.6 Å². The predicted octanol–water partition coefficient (Wildman–Crippen LogP) is 2.47. The number of rotatable bonds is 7. The van der Waals surface area contributed by atoms with Crippen LogP contribution in [0.4, 0.5) is 0 Å². The van der Waals surface area contributed by atoms with Crippen LogP contribution < -0.4 is 10.6 Å². The summed E-state index contributed by atoms with van der Waals surface area (Å²) in [4.78, 5) is 6.60. The molecule has 0 amide bonds. The summed E-state index contributed by atoms with van der Waals surface area (Å²) in [6.07, 6.45) is 2.51. The Balaban J connectivity index is 1.84. The first kappa shape index (κ1) is 17.8. The van der Waals surface area contributed by atoms with Crippen LogP contribution in [0.15, 0.2) is 35.3 Å². The highest BCUT2D eigenvalue weighted by Crippen LogP contribution is 2.47. The van der Waals surface area contributed by atoms with E-state index in [-0.39, 0.29) is 5.41 Å². The van der Waals surface area contributed by atoms with Crippen LogP contribution >= 0.6 is 0 Å². The maximum Gasteiger partial charge on any atom is 0.191 e. The first-order valence-electron chi connectivity index (χ1n) is 8.52. The van der Waals surface area contributed by atoms with Gasteiger partial charge in [0.25, 0.3) is 0 Å². The van der Waals surface area contributed by atoms with Crippen molar-refractivity contribution in [3.63, 3.8) is 0 Å². The molecule has 0 radical (unpaired) electrons. The molecule has 128 valence electrons. The lowest BCUT2D eigenvalue weighted by molar-refractivity contribution is 0.241. The fraction of sp³-hybridized carbons (Fsp3) is 0.632. The van der Waals surface area contributed by atoms with E-state index in [9.17, 15) is 0 Å². The Labute approximate surface area is 141 Å². The molecule has 0 saturated heterocycles. The lowest BCUT2D eigenvalue weighted by atomic mass is 9.93. The summed E-state index contributed by atoms with van der Waals surface area (Å²) < 4.78 is 0. The summed E-state index contributed by atoms with van der Waals surface area (Å²) in [5.74, 6) is 0.902. The van der Waals surface area contributed by atoms with Crippen molar-refractivity contribution >= 4 is 5.96 Å². The Morgan fingerprint density at radius 1 is 1.17 bits per heavy atom. The number of nitrogens with one attached hydrogen (secondary N) is 2. The molecule has 0 unspecified atom stereocenters. The fourth-order valence-corrected chi connectivity index (χ4v) is 3.22. The van der Waals surface area contributed by atoms with Crippen molar-refractivity contribution < 1.29 is 0 Å². The minimum absolute atomic E-state index is 0.206. The molecule has 2 rings (SSSR count). The summed E-state index contributed by atoms with van der Waals surface area (Å²) in [5, 5.41) is 7.00. The smallest absolute Gasteiger partial charge is 0.191 e. The zero-order valence-corrected chi connectivity index (χ0v) is 15.3. The Hall–Kier alpha value is -1.55. The quantitative estimate of drug-likeness (QED) is 0.600. The summed E-state index contributed by atoms with van der Waals surface area (Å²) in [6.45, 7) is 7.46. The molecular formula is C19H32N4. The Bertz CT molecular complexity index is 515. The maximum absolute atomic E-state index is 4.38. The second kappa shape index (κ2) is 7.35. The lowest BCUT2D eigenvalue weighted by Crippen LogP contribution is -2.46. The first-order valence-corrected chi connectivity index (χ1v) is 8.52. The summed E-state index contributed by atoms with van der Waals surface area (Å²) in [7, 11) is 6.08. The third-order valence-corrected chi connectivity index (χ3v) is 4.54. The van der Waals surface area contributed by atoms with Gasteiger partial charge in [-0.3, -0.25) is 4.99 Å². The third-order valence-electron chi connectivity index (χ3n) is 4.54. The molecule has 1 fully saturated rings. The Morgan fingerprint density at radius 2 is 1.83 bits per heavy atom. The molecule has 1 saturated carbocycles. The Morgan fingerprint density at radius 3 is 2.35 bits per heavy atom. The number of guanidine groups is 1. The van der Waals surface area contributed by atoms with Gasteiger partial charge in [-0.2, -0.15) is 0 Å². The number of nitrogens with zero attached hydrogens (tertiary/aromatic N) is 2. The van der Waals surface area contributed by atoms with Gasteiger partial charge >= 0.3 is 0 Å². The largest absolute Gasteiger partial charge is 0.356 e. The van der Waals surface area contributed by atoms with Crippen LogP contribution in [0.5, 0.6) is 0 Å². The van der Waals surface area contributed by atoms with Crippen LogP contribution in [-0.2, 0) is 5.41 Å². The molecule has 0 spiro atoms. The lowest BCUT2D eigenvalue weighted by Gasteiger charge is -2.29. The molecule has 1 aromatic rings. The van der Waals surface area contributed by atoms with Crippen LogP contribution in [0.1, 0.15) is 32.3 Å². The fourth-order valence-electron chi connectivity index (χ4n) is 3.22. The van der Waals surface area contributed by atoms with Gasteiger partial charge in [0.15, 0.2) is 5.96 Å². The van der Waals surface area contributed by atoms with Crippen molar-refractivity contribution in [3.8, 4) is 0 Å². The number of benzene rings is 1. The van der Waals surface area contributed by atoms with Crippen molar-refractivity contribution in [3.05, 3.63) is 35.9 Å². The van der Waals surface area contributed by atoms with Gasteiger partial charge in [0.2, 0.25) is 0 Å². The molecule has 1 aliphatic rings. The second-order valence-electron chi connectivity index (χ2n) is 7.83. The van der Waals surface area contributed by atoms with E-state index in [1.54, 1.807) is 0 Å². The van der Waals surface area contributed by atoms with Gasteiger partial charge in [0, 0.05) is 32.1 Å². The van der Waals surface area contributed by atoms with Gasteiger partial charge in [-0.15, -0.1) is 0 Å². The Kier molecular flexibility index (Phi) is 5.69. The highest BCUT2D eigenvalue weighted by molar-refractivity contribution is 5.79. The molecular weight excluding hydrogens is 284 g/mol. The van der Waals surface area contributed by atoms with E-state index in [2.05, 4.69) is 78.8 Å². The van der Waals surface area contributed by atoms with Crippen molar-refractivity contribution in [1.29, 1.82) is 0 Å².